The Bertz CT molecular complexity index is 395. The van der Waals surface area contributed by atoms with Crippen molar-refractivity contribution >= 4 is 11.3 Å². The first-order chi connectivity index (χ1) is 9.30. The minimum Gasteiger partial charge on any atom is -0.376 e. The van der Waals surface area contributed by atoms with E-state index in [0.717, 1.165) is 32.7 Å². The molecule has 0 radical (unpaired) electrons. The van der Waals surface area contributed by atoms with Crippen molar-refractivity contribution in [3.63, 3.8) is 0 Å². The molecular formula is C15H23NO2S. The monoisotopic (exact) mass is 281 g/mol. The van der Waals surface area contributed by atoms with Crippen molar-refractivity contribution in [2.45, 2.75) is 44.4 Å². The van der Waals surface area contributed by atoms with Crippen LogP contribution in [0.15, 0.2) is 17.5 Å². The van der Waals surface area contributed by atoms with E-state index in [2.05, 4.69) is 29.3 Å². The lowest BCUT2D eigenvalue weighted by Crippen LogP contribution is -2.47. The fourth-order valence-corrected chi connectivity index (χ4v) is 4.12. The normalized spacial score (nSPS) is 32.2. The lowest BCUT2D eigenvalue weighted by molar-refractivity contribution is -0.0543. The summed E-state index contributed by atoms with van der Waals surface area (Å²) in [6, 6.07) is 4.36. The molecule has 3 nitrogen and oxygen atoms in total. The Morgan fingerprint density at radius 3 is 3.32 bits per heavy atom. The van der Waals surface area contributed by atoms with Crippen molar-refractivity contribution < 1.29 is 9.47 Å². The summed E-state index contributed by atoms with van der Waals surface area (Å²) in [6.45, 7) is 6.97. The maximum absolute atomic E-state index is 6.13. The lowest BCUT2D eigenvalue weighted by Gasteiger charge is -2.39. The third-order valence-corrected chi connectivity index (χ3v) is 5.02. The molecule has 3 rings (SSSR count). The summed E-state index contributed by atoms with van der Waals surface area (Å²) < 4.78 is 11.9. The standard InChI is InChI=1S/C15H23NO2S/c1-2-17-13-9-15(18-11-13)6-4-7-16(12-15)10-14-5-3-8-19-14/h3,5,8,13H,2,4,6-7,9-12H2,1H3/t13-,15-/m0/s1. The summed E-state index contributed by atoms with van der Waals surface area (Å²) in [5, 5.41) is 2.16. The van der Waals surface area contributed by atoms with Gasteiger partial charge in [0.05, 0.1) is 18.3 Å². The van der Waals surface area contributed by atoms with Crippen molar-refractivity contribution in [3.8, 4) is 0 Å². The van der Waals surface area contributed by atoms with Crippen molar-refractivity contribution in [3.05, 3.63) is 22.4 Å². The SMILES string of the molecule is CCO[C@@H]1CO[C@@]2(CCCN(Cc3cccs3)C2)C1. The molecule has 0 unspecified atom stereocenters. The molecule has 106 valence electrons. The molecule has 1 aromatic rings. The quantitative estimate of drug-likeness (QED) is 0.847. The second-order valence-corrected chi connectivity index (χ2v) is 6.70. The van der Waals surface area contributed by atoms with Crippen LogP contribution in [-0.2, 0) is 16.0 Å². The fraction of sp³-hybridized carbons (Fsp3) is 0.733. The van der Waals surface area contributed by atoms with Gasteiger partial charge in [0.2, 0.25) is 0 Å². The molecule has 0 saturated carbocycles. The van der Waals surface area contributed by atoms with E-state index in [1.54, 1.807) is 0 Å². The zero-order chi connectivity index (χ0) is 13.1. The van der Waals surface area contributed by atoms with E-state index in [4.69, 9.17) is 9.47 Å². The lowest BCUT2D eigenvalue weighted by atomic mass is 9.89. The molecule has 2 saturated heterocycles. The molecule has 0 aromatic carbocycles. The summed E-state index contributed by atoms with van der Waals surface area (Å²) >= 11 is 1.85. The van der Waals surface area contributed by atoms with Crippen LogP contribution in [0.25, 0.3) is 0 Å². The molecule has 1 spiro atoms. The van der Waals surface area contributed by atoms with Gasteiger partial charge in [-0.3, -0.25) is 4.90 Å². The number of thiophene rings is 1. The molecular weight excluding hydrogens is 258 g/mol. The molecule has 19 heavy (non-hydrogen) atoms. The molecule has 2 fully saturated rings. The molecule has 1 aromatic heterocycles. The zero-order valence-corrected chi connectivity index (χ0v) is 12.5. The number of piperidine rings is 1. The first-order valence-corrected chi connectivity index (χ1v) is 8.18. The molecule has 0 amide bonds. The van der Waals surface area contributed by atoms with Crippen molar-refractivity contribution in [2.24, 2.45) is 0 Å². The number of nitrogens with zero attached hydrogens (tertiary/aromatic N) is 1. The van der Waals surface area contributed by atoms with Gasteiger partial charge in [0.15, 0.2) is 0 Å². The Morgan fingerprint density at radius 2 is 2.53 bits per heavy atom. The van der Waals surface area contributed by atoms with Crippen molar-refractivity contribution in [2.75, 3.05) is 26.3 Å². The minimum absolute atomic E-state index is 0.0648. The van der Waals surface area contributed by atoms with Crippen LogP contribution >= 0.6 is 11.3 Å². The third kappa shape index (κ3) is 3.19. The van der Waals surface area contributed by atoms with Crippen LogP contribution in [0.4, 0.5) is 0 Å². The first kappa shape index (κ1) is 13.6. The summed E-state index contributed by atoms with van der Waals surface area (Å²) in [4.78, 5) is 4.00. The van der Waals surface area contributed by atoms with Gasteiger partial charge in [-0.2, -0.15) is 0 Å². The Kier molecular flexibility index (Phi) is 4.22. The summed E-state index contributed by atoms with van der Waals surface area (Å²) in [7, 11) is 0. The second kappa shape index (κ2) is 5.92. The zero-order valence-electron chi connectivity index (χ0n) is 11.6. The molecule has 4 heteroatoms. The van der Waals surface area contributed by atoms with Gasteiger partial charge in [-0.25, -0.2) is 0 Å². The smallest absolute Gasteiger partial charge is 0.0836 e. The maximum Gasteiger partial charge on any atom is 0.0836 e. The van der Waals surface area contributed by atoms with Gasteiger partial charge in [-0.05, 0) is 37.8 Å². The van der Waals surface area contributed by atoms with Crippen LogP contribution in [0.5, 0.6) is 0 Å². The fourth-order valence-electron chi connectivity index (χ4n) is 3.38. The highest BCUT2D eigenvalue weighted by Crippen LogP contribution is 2.36. The van der Waals surface area contributed by atoms with Gasteiger partial charge in [0.1, 0.15) is 0 Å². The maximum atomic E-state index is 6.13. The van der Waals surface area contributed by atoms with Crippen molar-refractivity contribution in [1.82, 2.24) is 4.90 Å². The molecule has 0 N–H and O–H groups in total. The van der Waals surface area contributed by atoms with Crippen molar-refractivity contribution in [1.29, 1.82) is 0 Å². The molecule has 2 atom stereocenters. The van der Waals surface area contributed by atoms with Gasteiger partial charge in [0, 0.05) is 31.0 Å². The van der Waals surface area contributed by atoms with Crippen LogP contribution in [0.1, 0.15) is 31.1 Å². The number of hydrogen-bond donors (Lipinski definition) is 0. The average molecular weight is 281 g/mol. The molecule has 0 bridgehead atoms. The van der Waals surface area contributed by atoms with E-state index in [9.17, 15) is 0 Å². The van der Waals surface area contributed by atoms with E-state index in [1.807, 2.05) is 11.3 Å². The Balaban J connectivity index is 1.59. The van der Waals surface area contributed by atoms with Gasteiger partial charge >= 0.3 is 0 Å². The Labute approximate surface area is 119 Å². The van der Waals surface area contributed by atoms with E-state index < -0.39 is 0 Å². The first-order valence-electron chi connectivity index (χ1n) is 7.30. The minimum atomic E-state index is 0.0648. The Hall–Kier alpha value is -0.420. The number of likely N-dealkylation sites (tertiary alicyclic amines) is 1. The molecule has 3 heterocycles. The van der Waals surface area contributed by atoms with E-state index in [-0.39, 0.29) is 5.60 Å². The topological polar surface area (TPSA) is 21.7 Å². The summed E-state index contributed by atoms with van der Waals surface area (Å²) in [5.41, 5.74) is 0.0648. The van der Waals surface area contributed by atoms with Crippen LogP contribution < -0.4 is 0 Å². The van der Waals surface area contributed by atoms with Gasteiger partial charge in [-0.15, -0.1) is 11.3 Å². The summed E-state index contributed by atoms with van der Waals surface area (Å²) in [5.74, 6) is 0. The van der Waals surface area contributed by atoms with E-state index >= 15 is 0 Å². The largest absolute Gasteiger partial charge is 0.376 e. The third-order valence-electron chi connectivity index (χ3n) is 4.16. The Morgan fingerprint density at radius 1 is 1.58 bits per heavy atom. The molecule has 2 aliphatic heterocycles. The van der Waals surface area contributed by atoms with Crippen LogP contribution in [-0.4, -0.2) is 42.9 Å². The number of ether oxygens (including phenoxy) is 2. The second-order valence-electron chi connectivity index (χ2n) is 5.67. The van der Waals surface area contributed by atoms with Crippen LogP contribution in [0.2, 0.25) is 0 Å². The van der Waals surface area contributed by atoms with Crippen LogP contribution in [0.3, 0.4) is 0 Å². The highest BCUT2D eigenvalue weighted by Gasteiger charge is 2.43. The highest BCUT2D eigenvalue weighted by molar-refractivity contribution is 7.09. The molecule has 2 aliphatic rings. The highest BCUT2D eigenvalue weighted by atomic mass is 32.1. The average Bonchev–Trinajstić information content (AvgIpc) is 3.01. The predicted octanol–water partition coefficient (Wildman–Crippen LogP) is 2.91. The predicted molar refractivity (Wildman–Crippen MR) is 77.5 cm³/mol. The van der Waals surface area contributed by atoms with E-state index in [1.165, 1.54) is 24.3 Å². The number of rotatable bonds is 4. The van der Waals surface area contributed by atoms with Gasteiger partial charge in [-0.1, -0.05) is 6.07 Å². The van der Waals surface area contributed by atoms with Crippen LogP contribution in [0, 0.1) is 0 Å². The van der Waals surface area contributed by atoms with Gasteiger partial charge < -0.3 is 9.47 Å². The van der Waals surface area contributed by atoms with E-state index in [0.29, 0.717) is 6.10 Å². The molecule has 0 aliphatic carbocycles. The van der Waals surface area contributed by atoms with Gasteiger partial charge in [0.25, 0.3) is 0 Å². The number of hydrogen-bond acceptors (Lipinski definition) is 4. The summed E-state index contributed by atoms with van der Waals surface area (Å²) in [6.07, 6.45) is 3.82.